The normalized spacial score (nSPS) is 18.6. The Labute approximate surface area is 219 Å². The average Bonchev–Trinajstić information content (AvgIpc) is 3.30. The van der Waals surface area contributed by atoms with E-state index in [2.05, 4.69) is 26.3 Å². The number of carbonyl (C=O) groups is 1. The second kappa shape index (κ2) is 10.7. The van der Waals surface area contributed by atoms with Crippen molar-refractivity contribution in [2.75, 3.05) is 11.4 Å². The molecule has 0 radical (unpaired) electrons. The van der Waals surface area contributed by atoms with Gasteiger partial charge in [0.2, 0.25) is 0 Å². The Bertz CT molecular complexity index is 1400. The van der Waals surface area contributed by atoms with Gasteiger partial charge in [0, 0.05) is 12.2 Å². The van der Waals surface area contributed by atoms with Crippen LogP contribution in [0.15, 0.2) is 41.7 Å². The topological polar surface area (TPSA) is 133 Å². The summed E-state index contributed by atoms with van der Waals surface area (Å²) in [6.07, 6.45) is 4.10. The number of carbonyl (C=O) groups excluding carboxylic acids is 1. The van der Waals surface area contributed by atoms with E-state index in [1.165, 1.54) is 26.2 Å². The number of primary amides is 1. The van der Waals surface area contributed by atoms with Crippen LogP contribution < -0.4 is 10.6 Å². The molecular weight excluding hydrogens is 493 g/mol. The fourth-order valence-corrected chi connectivity index (χ4v) is 4.83. The first-order valence-corrected chi connectivity index (χ1v) is 12.4. The molecule has 1 amide bonds. The zero-order chi connectivity index (χ0) is 26.7. The number of alkyl halides is 1. The lowest BCUT2D eigenvalue weighted by molar-refractivity contribution is -0.000432. The number of rotatable bonds is 8. The number of thiocarbonyl (C=S) groups is 1. The van der Waals surface area contributed by atoms with Gasteiger partial charge in [0.25, 0.3) is 5.91 Å². The summed E-state index contributed by atoms with van der Waals surface area (Å²) in [5.74, 6) is -0.687. The lowest BCUT2D eigenvalue weighted by Crippen LogP contribution is -2.48. The van der Waals surface area contributed by atoms with Crippen molar-refractivity contribution in [3.63, 3.8) is 0 Å². The summed E-state index contributed by atoms with van der Waals surface area (Å²) in [6, 6.07) is 9.05. The van der Waals surface area contributed by atoms with Crippen LogP contribution in [0.1, 0.15) is 55.5 Å². The Morgan fingerprint density at radius 2 is 2.08 bits per heavy atom. The maximum atomic E-state index is 15.3. The van der Waals surface area contributed by atoms with Gasteiger partial charge in [-0.2, -0.15) is 10.4 Å². The van der Waals surface area contributed by atoms with Crippen LogP contribution in [0.4, 0.5) is 10.1 Å². The molecule has 0 bridgehead atoms. The minimum atomic E-state index is -1.60. The molecule has 0 aliphatic heterocycles. The summed E-state index contributed by atoms with van der Waals surface area (Å²) in [7, 11) is 0. The summed E-state index contributed by atoms with van der Waals surface area (Å²) >= 11 is 4.75. The fourth-order valence-electron chi connectivity index (χ4n) is 4.68. The van der Waals surface area contributed by atoms with Gasteiger partial charge < -0.3 is 15.7 Å². The number of hydrogen-bond donors (Lipinski definition) is 2. The molecule has 3 N–H and O–H groups in total. The summed E-state index contributed by atoms with van der Waals surface area (Å²) in [4.78, 5) is 22.9. The molecule has 3 aromatic rings. The van der Waals surface area contributed by atoms with Crippen LogP contribution in [-0.2, 0) is 0 Å². The smallest absolute Gasteiger partial charge is 0.252 e. The standard InChI is InChI=1S/C26H28FN7O2S/c1-26(2,36)24(27)14-33(18-5-3-17(4-6-18)31-15-37)23-10-21(30-13-20(23)25(29)35)22-8-7-19-9-16(11-28)12-32-34(19)22/h7-10,12-13,17-18,24,36H,3-6,14H2,1-2H3,(H2,29,35)/t17?,18?,24-/m1/s1. The molecule has 9 nitrogen and oxygen atoms in total. The van der Waals surface area contributed by atoms with Crippen molar-refractivity contribution in [3.8, 4) is 17.5 Å². The van der Waals surface area contributed by atoms with Crippen LogP contribution in [0.2, 0.25) is 0 Å². The van der Waals surface area contributed by atoms with Gasteiger partial charge in [0.1, 0.15) is 12.2 Å². The fraction of sp³-hybridized carbons (Fsp3) is 0.423. The number of amides is 1. The van der Waals surface area contributed by atoms with Gasteiger partial charge in [0.15, 0.2) is 0 Å². The summed E-state index contributed by atoms with van der Waals surface area (Å²) in [5, 5.41) is 26.3. The average molecular weight is 522 g/mol. The quantitative estimate of drug-likeness (QED) is 0.341. The monoisotopic (exact) mass is 521 g/mol. The van der Waals surface area contributed by atoms with Gasteiger partial charge >= 0.3 is 0 Å². The molecule has 0 saturated heterocycles. The predicted octanol–water partition coefficient (Wildman–Crippen LogP) is 3.70. The molecule has 192 valence electrons. The van der Waals surface area contributed by atoms with Crippen LogP contribution >= 0.6 is 12.2 Å². The molecular formula is C26H28FN7O2S. The highest BCUT2D eigenvalue weighted by Crippen LogP contribution is 2.34. The first kappa shape index (κ1) is 26.4. The first-order chi connectivity index (χ1) is 17.6. The SMILES string of the molecule is CC(C)(O)[C@H](F)CN(c1cc(-c2ccc3cc(C#N)cnn23)ncc1C(N)=O)C1CCC(N=C=S)CC1. The van der Waals surface area contributed by atoms with E-state index in [-0.39, 0.29) is 24.2 Å². The van der Waals surface area contributed by atoms with E-state index in [0.29, 0.717) is 41.0 Å². The van der Waals surface area contributed by atoms with Crippen LogP contribution in [0.3, 0.4) is 0 Å². The lowest BCUT2D eigenvalue weighted by atomic mass is 9.89. The third-order valence-electron chi connectivity index (χ3n) is 6.81. The maximum Gasteiger partial charge on any atom is 0.252 e. The molecule has 1 aliphatic carbocycles. The molecule has 0 unspecified atom stereocenters. The summed E-state index contributed by atoms with van der Waals surface area (Å²) in [6.45, 7) is 2.70. The van der Waals surface area contributed by atoms with Gasteiger partial charge in [-0.1, -0.05) is 0 Å². The Balaban J connectivity index is 1.80. The Morgan fingerprint density at radius 3 is 2.70 bits per heavy atom. The molecule has 3 aromatic heterocycles. The van der Waals surface area contributed by atoms with Crippen LogP contribution in [-0.4, -0.2) is 61.2 Å². The second-order valence-electron chi connectivity index (χ2n) is 9.82. The number of nitrogens with zero attached hydrogens (tertiary/aromatic N) is 6. The minimum Gasteiger partial charge on any atom is -0.387 e. The van der Waals surface area contributed by atoms with Crippen molar-refractivity contribution < 1.29 is 14.3 Å². The molecule has 11 heteroatoms. The van der Waals surface area contributed by atoms with E-state index in [1.54, 1.807) is 16.6 Å². The molecule has 4 rings (SSSR count). The number of aromatic nitrogens is 3. The number of halogens is 1. The maximum absolute atomic E-state index is 15.3. The highest BCUT2D eigenvalue weighted by atomic mass is 32.1. The number of isothiocyanates is 1. The molecule has 1 atom stereocenters. The highest BCUT2D eigenvalue weighted by Gasteiger charge is 2.34. The number of anilines is 1. The third-order valence-corrected chi connectivity index (χ3v) is 6.92. The van der Waals surface area contributed by atoms with Gasteiger partial charge in [-0.05, 0) is 76.0 Å². The van der Waals surface area contributed by atoms with Crippen LogP contribution in [0, 0.1) is 11.3 Å². The molecule has 0 aromatic carbocycles. The number of hydrogen-bond acceptors (Lipinski definition) is 8. The molecule has 1 fully saturated rings. The largest absolute Gasteiger partial charge is 0.387 e. The van der Waals surface area contributed by atoms with E-state index < -0.39 is 17.7 Å². The van der Waals surface area contributed by atoms with Crippen LogP contribution in [0.5, 0.6) is 0 Å². The van der Waals surface area contributed by atoms with Crippen molar-refractivity contribution in [2.24, 2.45) is 10.7 Å². The Morgan fingerprint density at radius 1 is 1.35 bits per heavy atom. The van der Waals surface area contributed by atoms with E-state index >= 15 is 4.39 Å². The van der Waals surface area contributed by atoms with Crippen molar-refractivity contribution in [1.82, 2.24) is 14.6 Å². The number of nitrogens with two attached hydrogens (primary N) is 1. The van der Waals surface area contributed by atoms with Crippen LogP contribution in [0.25, 0.3) is 16.9 Å². The number of aliphatic hydroxyl groups is 1. The lowest BCUT2D eigenvalue weighted by Gasteiger charge is -2.40. The molecule has 1 saturated carbocycles. The van der Waals surface area contributed by atoms with Gasteiger partial charge in [-0.3, -0.25) is 9.78 Å². The van der Waals surface area contributed by atoms with Gasteiger partial charge in [0.05, 0.1) is 63.3 Å². The number of fused-ring (bicyclic) bond motifs is 1. The van der Waals surface area contributed by atoms with Crippen molar-refractivity contribution in [3.05, 3.63) is 47.8 Å². The number of aliphatic imine (C=N–C) groups is 1. The molecule has 1 aliphatic rings. The van der Waals surface area contributed by atoms with Crippen molar-refractivity contribution >= 4 is 34.5 Å². The number of nitriles is 1. The second-order valence-corrected chi connectivity index (χ2v) is 10.0. The molecule has 3 heterocycles. The zero-order valence-corrected chi connectivity index (χ0v) is 21.5. The van der Waals surface area contributed by atoms with Gasteiger partial charge in [-0.15, -0.1) is 0 Å². The third kappa shape index (κ3) is 5.67. The van der Waals surface area contributed by atoms with Crippen molar-refractivity contribution in [2.45, 2.75) is 63.4 Å². The van der Waals surface area contributed by atoms with E-state index in [4.69, 9.17) is 18.0 Å². The van der Waals surface area contributed by atoms with E-state index in [0.717, 1.165) is 12.8 Å². The Kier molecular flexibility index (Phi) is 7.64. The first-order valence-electron chi connectivity index (χ1n) is 12.0. The zero-order valence-electron chi connectivity index (χ0n) is 20.6. The molecule has 0 spiro atoms. The van der Waals surface area contributed by atoms with Crippen molar-refractivity contribution in [1.29, 1.82) is 5.26 Å². The Hall–Kier alpha value is -3.71. The highest BCUT2D eigenvalue weighted by molar-refractivity contribution is 7.78. The minimum absolute atomic E-state index is 0.0612. The predicted molar refractivity (Wildman–Crippen MR) is 141 cm³/mol. The number of pyridine rings is 1. The summed E-state index contributed by atoms with van der Waals surface area (Å²) < 4.78 is 16.9. The van der Waals surface area contributed by atoms with E-state index in [1.807, 2.05) is 17.0 Å². The summed E-state index contributed by atoms with van der Waals surface area (Å²) in [5.41, 5.74) is 7.00. The van der Waals surface area contributed by atoms with Gasteiger partial charge in [-0.25, -0.2) is 13.9 Å². The van der Waals surface area contributed by atoms with E-state index in [9.17, 15) is 15.2 Å². The molecule has 37 heavy (non-hydrogen) atoms.